The van der Waals surface area contributed by atoms with Crippen LogP contribution in [0.1, 0.15) is 22.3 Å². The van der Waals surface area contributed by atoms with Gasteiger partial charge in [0.15, 0.2) is 0 Å². The molecule has 14 rings (SSSR count). The highest BCUT2D eigenvalue weighted by Crippen LogP contribution is 2.64. The Kier molecular flexibility index (Phi) is 9.58. The van der Waals surface area contributed by atoms with Gasteiger partial charge in [-0.3, -0.25) is 0 Å². The molecule has 1 aromatic heterocycles. The second-order valence-corrected chi connectivity index (χ2v) is 18.6. The van der Waals surface area contributed by atoms with E-state index in [1.165, 1.54) is 38.9 Å². The average molecular weight is 926 g/mol. The molecule has 0 fully saturated rings. The molecule has 0 saturated carbocycles. The monoisotopic (exact) mass is 925 g/mol. The maximum atomic E-state index is 17.1. The van der Waals surface area contributed by atoms with Crippen molar-refractivity contribution in [1.29, 1.82) is 0 Å². The van der Waals surface area contributed by atoms with Crippen molar-refractivity contribution in [2.24, 2.45) is 0 Å². The first-order chi connectivity index (χ1) is 35.6. The minimum absolute atomic E-state index is 0.349. The number of furan rings is 1. The number of hydrogen-bond donors (Lipinski definition) is 0. The summed E-state index contributed by atoms with van der Waals surface area (Å²) in [6.07, 6.45) is 0. The van der Waals surface area contributed by atoms with Crippen LogP contribution in [0.5, 0.6) is 0 Å². The molecule has 0 saturated heterocycles. The van der Waals surface area contributed by atoms with Gasteiger partial charge in [0, 0.05) is 51.6 Å². The summed E-state index contributed by atoms with van der Waals surface area (Å²) in [5.74, 6) is -0.349. The highest BCUT2D eigenvalue weighted by molar-refractivity contribution is 6.08. The Morgan fingerprint density at radius 2 is 0.819 bits per heavy atom. The largest absolute Gasteiger partial charge is 0.456 e. The van der Waals surface area contributed by atoms with E-state index in [2.05, 4.69) is 197 Å². The van der Waals surface area contributed by atoms with E-state index in [4.69, 9.17) is 4.42 Å². The Labute approximate surface area is 417 Å². The first kappa shape index (κ1) is 41.5. The predicted molar refractivity (Wildman–Crippen MR) is 294 cm³/mol. The molecule has 1 aliphatic heterocycles. The first-order valence-corrected chi connectivity index (χ1v) is 24.4. The van der Waals surface area contributed by atoms with Gasteiger partial charge in [0.1, 0.15) is 17.0 Å². The highest BCUT2D eigenvalue weighted by Gasteiger charge is 2.51. The van der Waals surface area contributed by atoms with Gasteiger partial charge in [0.2, 0.25) is 0 Å². The minimum Gasteiger partial charge on any atom is -0.456 e. The average Bonchev–Trinajstić information content (AvgIpc) is 3.96. The van der Waals surface area contributed by atoms with Gasteiger partial charge in [-0.25, -0.2) is 4.39 Å². The van der Waals surface area contributed by atoms with Gasteiger partial charge < -0.3 is 19.1 Å². The number of fused-ring (bicyclic) bond motifs is 12. The molecular formula is C67H44FN3O. The van der Waals surface area contributed by atoms with E-state index < -0.39 is 5.41 Å². The quantitative estimate of drug-likeness (QED) is 0.151. The number of anilines is 9. The van der Waals surface area contributed by atoms with Gasteiger partial charge in [-0.05, 0) is 136 Å². The molecule has 340 valence electrons. The van der Waals surface area contributed by atoms with Crippen molar-refractivity contribution in [3.8, 4) is 22.3 Å². The lowest BCUT2D eigenvalue weighted by Gasteiger charge is -2.45. The van der Waals surface area contributed by atoms with Crippen LogP contribution in [0.2, 0.25) is 0 Å². The normalized spacial score (nSPS) is 12.9. The lowest BCUT2D eigenvalue weighted by atomic mass is 9.64. The van der Waals surface area contributed by atoms with Crippen molar-refractivity contribution >= 4 is 73.1 Å². The predicted octanol–water partition coefficient (Wildman–Crippen LogP) is 18.5. The Bertz CT molecular complexity index is 3920. The molecule has 2 aliphatic rings. The SMILES string of the molecule is Fc1cc(N(c2ccccc2)c2ccc3c(c2)-c2ccccc2C32c3ccccc3N(c3ccc(-c4ccccc4)cc3)c3ccccc32)cc2oc3cc(N(c4ccccc4)c4ccccc4)ccc3c12. The van der Waals surface area contributed by atoms with Crippen LogP contribution in [-0.2, 0) is 5.41 Å². The van der Waals surface area contributed by atoms with Crippen molar-refractivity contribution in [1.82, 2.24) is 0 Å². The van der Waals surface area contributed by atoms with Gasteiger partial charge in [-0.2, -0.15) is 0 Å². The fourth-order valence-electron chi connectivity index (χ4n) is 11.7. The molecule has 1 spiro atoms. The molecule has 0 N–H and O–H groups in total. The van der Waals surface area contributed by atoms with Crippen molar-refractivity contribution in [2.75, 3.05) is 14.7 Å². The molecule has 2 heterocycles. The highest BCUT2D eigenvalue weighted by atomic mass is 19.1. The molecular weight excluding hydrogens is 882 g/mol. The summed E-state index contributed by atoms with van der Waals surface area (Å²) in [5, 5.41) is 1.18. The number of benzene rings is 11. The van der Waals surface area contributed by atoms with E-state index in [9.17, 15) is 0 Å². The van der Waals surface area contributed by atoms with Crippen LogP contribution in [0.15, 0.2) is 271 Å². The molecule has 0 bridgehead atoms. The minimum atomic E-state index is -0.621. The third kappa shape index (κ3) is 6.37. The van der Waals surface area contributed by atoms with Crippen LogP contribution in [0.4, 0.5) is 55.6 Å². The van der Waals surface area contributed by atoms with Gasteiger partial charge >= 0.3 is 0 Å². The molecule has 4 nitrogen and oxygen atoms in total. The van der Waals surface area contributed by atoms with E-state index in [0.717, 1.165) is 56.4 Å². The lowest BCUT2D eigenvalue weighted by molar-refractivity contribution is 0.634. The number of hydrogen-bond acceptors (Lipinski definition) is 4. The summed E-state index contributed by atoms with van der Waals surface area (Å²) in [7, 11) is 0. The zero-order chi connectivity index (χ0) is 47.8. The zero-order valence-electron chi connectivity index (χ0n) is 39.0. The molecule has 1 aliphatic carbocycles. The third-order valence-corrected chi connectivity index (χ3v) is 14.7. The molecule has 11 aromatic carbocycles. The molecule has 0 unspecified atom stereocenters. The van der Waals surface area contributed by atoms with Crippen LogP contribution in [0, 0.1) is 5.82 Å². The zero-order valence-corrected chi connectivity index (χ0v) is 39.0. The fraction of sp³-hybridized carbons (Fsp3) is 0.0149. The molecule has 0 atom stereocenters. The van der Waals surface area contributed by atoms with E-state index >= 15 is 4.39 Å². The van der Waals surface area contributed by atoms with Crippen LogP contribution in [-0.4, -0.2) is 0 Å². The second-order valence-electron chi connectivity index (χ2n) is 18.6. The molecule has 12 aromatic rings. The fourth-order valence-corrected chi connectivity index (χ4v) is 11.7. The van der Waals surface area contributed by atoms with E-state index in [1.807, 2.05) is 78.9 Å². The Hall–Kier alpha value is -9.45. The van der Waals surface area contributed by atoms with E-state index in [1.54, 1.807) is 6.07 Å². The van der Waals surface area contributed by atoms with Gasteiger partial charge in [-0.15, -0.1) is 0 Å². The number of para-hydroxylation sites is 5. The standard InChI is InChI=1S/C67H44FN3O/c68-61-42-53(44-65-66(61)55-39-37-52(43-64(55)72-65)69(47-21-7-2-8-22-47)48-23-9-3-10-24-48)70(49-25-11-4-12-26-49)51-38-40-58-56(41-51)54-27-13-14-28-57(54)67(58)59-29-15-17-31-62(59)71(63-32-18-16-30-60(63)67)50-35-33-46(34-36-50)45-19-5-1-6-20-45/h1-44H. The van der Waals surface area contributed by atoms with E-state index in [0.29, 0.717) is 22.2 Å². The Morgan fingerprint density at radius 1 is 0.347 bits per heavy atom. The number of nitrogens with zero attached hydrogens (tertiary/aromatic N) is 3. The maximum absolute atomic E-state index is 17.1. The van der Waals surface area contributed by atoms with Crippen LogP contribution < -0.4 is 14.7 Å². The van der Waals surface area contributed by atoms with Crippen molar-refractivity contribution in [3.05, 3.63) is 295 Å². The van der Waals surface area contributed by atoms with Gasteiger partial charge in [0.05, 0.1) is 27.9 Å². The van der Waals surface area contributed by atoms with Gasteiger partial charge in [0.25, 0.3) is 0 Å². The van der Waals surface area contributed by atoms with E-state index in [-0.39, 0.29) is 5.82 Å². The lowest BCUT2D eigenvalue weighted by Crippen LogP contribution is -2.36. The summed E-state index contributed by atoms with van der Waals surface area (Å²) >= 11 is 0. The smallest absolute Gasteiger partial charge is 0.140 e. The molecule has 0 amide bonds. The first-order valence-electron chi connectivity index (χ1n) is 24.4. The summed E-state index contributed by atoms with van der Waals surface area (Å²) < 4.78 is 23.8. The summed E-state index contributed by atoms with van der Waals surface area (Å²) in [6.45, 7) is 0. The molecule has 0 radical (unpaired) electrons. The van der Waals surface area contributed by atoms with Crippen LogP contribution in [0.25, 0.3) is 44.2 Å². The number of halogens is 1. The molecule has 5 heteroatoms. The molecule has 72 heavy (non-hydrogen) atoms. The van der Waals surface area contributed by atoms with Gasteiger partial charge in [-0.1, -0.05) is 164 Å². The summed E-state index contributed by atoms with van der Waals surface area (Å²) in [4.78, 5) is 6.75. The van der Waals surface area contributed by atoms with Crippen molar-refractivity contribution in [2.45, 2.75) is 5.41 Å². The third-order valence-electron chi connectivity index (χ3n) is 14.7. The number of rotatable bonds is 8. The maximum Gasteiger partial charge on any atom is 0.140 e. The summed E-state index contributed by atoms with van der Waals surface area (Å²) in [5.41, 5.74) is 18.8. The Morgan fingerprint density at radius 3 is 1.44 bits per heavy atom. The van der Waals surface area contributed by atoms with Crippen LogP contribution >= 0.6 is 0 Å². The van der Waals surface area contributed by atoms with Crippen molar-refractivity contribution in [3.63, 3.8) is 0 Å². The topological polar surface area (TPSA) is 22.9 Å². The van der Waals surface area contributed by atoms with Crippen LogP contribution in [0.3, 0.4) is 0 Å². The van der Waals surface area contributed by atoms with Crippen molar-refractivity contribution < 1.29 is 8.81 Å². The second kappa shape index (κ2) is 16.6. The summed E-state index contributed by atoms with van der Waals surface area (Å²) in [6, 6.07) is 93.3. The Balaban J connectivity index is 0.913.